The zero-order chi connectivity index (χ0) is 19.0. The zero-order valence-electron chi connectivity index (χ0n) is 16.9. The van der Waals surface area contributed by atoms with E-state index in [1.165, 1.54) is 32.0 Å². The van der Waals surface area contributed by atoms with E-state index in [0.29, 0.717) is 0 Å². The lowest BCUT2D eigenvalue weighted by molar-refractivity contribution is -0.0139. The molecule has 0 atom stereocenters. The van der Waals surface area contributed by atoms with Crippen molar-refractivity contribution in [1.82, 2.24) is 15.5 Å². The fraction of sp³-hybridized carbons (Fsp3) is 0.667. The second-order valence-corrected chi connectivity index (χ2v) is 7.53. The number of nitrogens with one attached hydrogen (secondary N) is 2. The van der Waals surface area contributed by atoms with Gasteiger partial charge in [-0.25, -0.2) is 4.39 Å². The van der Waals surface area contributed by atoms with Crippen LogP contribution in [-0.4, -0.2) is 62.3 Å². The summed E-state index contributed by atoms with van der Waals surface area (Å²) in [4.78, 5) is 7.56. The van der Waals surface area contributed by atoms with Gasteiger partial charge in [-0.15, -0.1) is 24.0 Å². The molecule has 0 aliphatic carbocycles. The van der Waals surface area contributed by atoms with Crippen LogP contribution in [-0.2, 0) is 11.2 Å². The maximum Gasteiger partial charge on any atom is 0.191 e. The van der Waals surface area contributed by atoms with Gasteiger partial charge in [-0.1, -0.05) is 12.1 Å². The van der Waals surface area contributed by atoms with Gasteiger partial charge in [-0.2, -0.15) is 0 Å². The van der Waals surface area contributed by atoms with E-state index in [-0.39, 0.29) is 35.3 Å². The Morgan fingerprint density at radius 2 is 1.96 bits per heavy atom. The maximum absolute atomic E-state index is 13.3. The molecule has 158 valence electrons. The third kappa shape index (κ3) is 6.56. The van der Waals surface area contributed by atoms with Crippen molar-refractivity contribution in [1.29, 1.82) is 0 Å². The minimum absolute atomic E-state index is 0. The molecule has 2 fully saturated rings. The minimum atomic E-state index is -0.180. The Hall–Kier alpha value is -0.930. The molecule has 2 heterocycles. The number of hydrogen-bond acceptors (Lipinski definition) is 3. The highest BCUT2D eigenvalue weighted by Crippen LogP contribution is 2.31. The van der Waals surface area contributed by atoms with Gasteiger partial charge in [-0.3, -0.25) is 9.89 Å². The molecule has 0 amide bonds. The van der Waals surface area contributed by atoms with Gasteiger partial charge in [0.2, 0.25) is 0 Å². The van der Waals surface area contributed by atoms with Gasteiger partial charge in [0.25, 0.3) is 0 Å². The predicted molar refractivity (Wildman–Crippen MR) is 123 cm³/mol. The topological polar surface area (TPSA) is 48.9 Å². The Balaban J connectivity index is 0.00000280. The van der Waals surface area contributed by atoms with Crippen molar-refractivity contribution in [2.24, 2.45) is 4.99 Å². The predicted octanol–water partition coefficient (Wildman–Crippen LogP) is 3.19. The number of guanidine groups is 1. The molecule has 5 nitrogen and oxygen atoms in total. The molecule has 3 rings (SSSR count). The Morgan fingerprint density at radius 3 is 2.64 bits per heavy atom. The molecule has 0 aromatic heterocycles. The molecule has 2 saturated heterocycles. The van der Waals surface area contributed by atoms with Gasteiger partial charge in [0, 0.05) is 31.8 Å². The Morgan fingerprint density at radius 1 is 1.21 bits per heavy atom. The summed E-state index contributed by atoms with van der Waals surface area (Å²) in [6, 6.07) is 6.79. The van der Waals surface area contributed by atoms with E-state index < -0.39 is 0 Å². The van der Waals surface area contributed by atoms with Crippen LogP contribution in [0.1, 0.15) is 38.2 Å². The molecule has 2 aliphatic heterocycles. The molecular weight excluding hydrogens is 470 g/mol. The highest BCUT2D eigenvalue weighted by molar-refractivity contribution is 14.0. The lowest BCUT2D eigenvalue weighted by Crippen LogP contribution is -2.54. The molecule has 0 unspecified atom stereocenters. The van der Waals surface area contributed by atoms with Gasteiger partial charge in [0.05, 0.1) is 6.54 Å². The van der Waals surface area contributed by atoms with E-state index in [9.17, 15) is 4.39 Å². The SMILES string of the molecule is CCNC(=NCC1(N2CCCC2)CCOCC1)NCCc1cccc(F)c1.I. The highest BCUT2D eigenvalue weighted by Gasteiger charge is 2.39. The number of halogens is 2. The minimum Gasteiger partial charge on any atom is -0.381 e. The molecule has 0 saturated carbocycles. The Kier molecular flexibility index (Phi) is 9.94. The number of ether oxygens (including phenoxy) is 1. The second-order valence-electron chi connectivity index (χ2n) is 7.53. The van der Waals surface area contributed by atoms with Crippen molar-refractivity contribution in [2.45, 2.75) is 44.6 Å². The molecule has 1 aromatic carbocycles. The molecule has 0 spiro atoms. The van der Waals surface area contributed by atoms with E-state index in [1.807, 2.05) is 6.07 Å². The summed E-state index contributed by atoms with van der Waals surface area (Å²) in [6.07, 6.45) is 5.46. The summed E-state index contributed by atoms with van der Waals surface area (Å²) >= 11 is 0. The summed E-state index contributed by atoms with van der Waals surface area (Å²) in [5, 5.41) is 6.75. The second kappa shape index (κ2) is 11.9. The number of likely N-dealkylation sites (tertiary alicyclic amines) is 1. The van der Waals surface area contributed by atoms with Crippen molar-refractivity contribution in [2.75, 3.05) is 45.9 Å². The molecule has 1 aromatic rings. The number of rotatable bonds is 7. The zero-order valence-corrected chi connectivity index (χ0v) is 19.2. The van der Waals surface area contributed by atoms with E-state index in [1.54, 1.807) is 12.1 Å². The van der Waals surface area contributed by atoms with Crippen LogP contribution in [0.4, 0.5) is 4.39 Å². The number of nitrogens with zero attached hydrogens (tertiary/aromatic N) is 2. The van der Waals surface area contributed by atoms with Crippen LogP contribution in [0.15, 0.2) is 29.3 Å². The van der Waals surface area contributed by atoms with Crippen LogP contribution in [0.2, 0.25) is 0 Å². The monoisotopic (exact) mass is 504 g/mol. The molecule has 28 heavy (non-hydrogen) atoms. The maximum atomic E-state index is 13.3. The van der Waals surface area contributed by atoms with E-state index in [2.05, 4.69) is 22.5 Å². The average Bonchev–Trinajstić information content (AvgIpc) is 3.22. The lowest BCUT2D eigenvalue weighted by Gasteiger charge is -2.43. The summed E-state index contributed by atoms with van der Waals surface area (Å²) < 4.78 is 18.9. The largest absolute Gasteiger partial charge is 0.381 e. The molecular formula is C21H34FIN4O. The van der Waals surface area contributed by atoms with E-state index in [4.69, 9.17) is 9.73 Å². The van der Waals surface area contributed by atoms with E-state index in [0.717, 1.165) is 63.6 Å². The first-order valence-corrected chi connectivity index (χ1v) is 10.3. The van der Waals surface area contributed by atoms with Gasteiger partial charge in [-0.05, 0) is 69.8 Å². The fourth-order valence-corrected chi connectivity index (χ4v) is 4.10. The fourth-order valence-electron chi connectivity index (χ4n) is 4.10. The molecule has 0 radical (unpaired) electrons. The number of aliphatic imine (C=N–C) groups is 1. The summed E-state index contributed by atoms with van der Waals surface area (Å²) in [6.45, 7) is 8.45. The van der Waals surface area contributed by atoms with Gasteiger partial charge < -0.3 is 15.4 Å². The van der Waals surface area contributed by atoms with Crippen molar-refractivity contribution in [3.8, 4) is 0 Å². The van der Waals surface area contributed by atoms with Crippen molar-refractivity contribution in [3.63, 3.8) is 0 Å². The van der Waals surface area contributed by atoms with Gasteiger partial charge >= 0.3 is 0 Å². The standard InChI is InChI=1S/C21H33FN4O.HI/c1-2-23-20(24-11-8-18-6-5-7-19(22)16-18)25-17-21(9-14-27-15-10-21)26-12-3-4-13-26;/h5-7,16H,2-4,8-15,17H2,1H3,(H2,23,24,25);1H. The summed E-state index contributed by atoms with van der Waals surface area (Å²) in [5.41, 5.74) is 1.14. The van der Waals surface area contributed by atoms with Crippen molar-refractivity contribution < 1.29 is 9.13 Å². The van der Waals surface area contributed by atoms with Crippen LogP contribution in [0.3, 0.4) is 0 Å². The first-order valence-electron chi connectivity index (χ1n) is 10.3. The third-order valence-corrected chi connectivity index (χ3v) is 5.67. The van der Waals surface area contributed by atoms with Crippen LogP contribution < -0.4 is 10.6 Å². The smallest absolute Gasteiger partial charge is 0.191 e. The van der Waals surface area contributed by atoms with Crippen molar-refractivity contribution in [3.05, 3.63) is 35.6 Å². The normalized spacial score (nSPS) is 19.9. The summed E-state index contributed by atoms with van der Waals surface area (Å²) in [5.74, 6) is 0.666. The molecule has 0 bridgehead atoms. The quantitative estimate of drug-likeness (QED) is 0.340. The number of benzene rings is 1. The van der Waals surface area contributed by atoms with Crippen molar-refractivity contribution >= 4 is 29.9 Å². The Bertz CT molecular complexity index is 616. The third-order valence-electron chi connectivity index (χ3n) is 5.67. The molecule has 2 aliphatic rings. The van der Waals surface area contributed by atoms with Gasteiger partial charge in [0.1, 0.15) is 5.82 Å². The highest BCUT2D eigenvalue weighted by atomic mass is 127. The Labute approximate surface area is 185 Å². The van der Waals surface area contributed by atoms with Gasteiger partial charge in [0.15, 0.2) is 5.96 Å². The summed E-state index contributed by atoms with van der Waals surface area (Å²) in [7, 11) is 0. The van der Waals surface area contributed by atoms with Crippen LogP contribution in [0.25, 0.3) is 0 Å². The molecule has 7 heteroatoms. The van der Waals surface area contributed by atoms with Crippen LogP contribution >= 0.6 is 24.0 Å². The average molecular weight is 504 g/mol. The van der Waals surface area contributed by atoms with Crippen LogP contribution in [0.5, 0.6) is 0 Å². The first-order chi connectivity index (χ1) is 13.2. The van der Waals surface area contributed by atoms with Crippen LogP contribution in [0, 0.1) is 5.82 Å². The number of hydrogen-bond donors (Lipinski definition) is 2. The molecule has 2 N–H and O–H groups in total. The van der Waals surface area contributed by atoms with E-state index >= 15 is 0 Å². The lowest BCUT2D eigenvalue weighted by atomic mass is 9.88. The first kappa shape index (κ1) is 23.3.